The molecule has 0 aliphatic carbocycles. The van der Waals surface area contributed by atoms with Crippen LogP contribution < -0.4 is 16.0 Å². The Balaban J connectivity index is 0.000000208. The Morgan fingerprint density at radius 3 is 1.64 bits per heavy atom. The molecule has 2 aromatic heterocycles. The maximum absolute atomic E-state index is 13.0. The molecule has 0 atom stereocenters. The molecule has 0 aliphatic heterocycles. The quantitative estimate of drug-likeness (QED) is 0.255. The Hall–Kier alpha value is -4.80. The van der Waals surface area contributed by atoms with E-state index >= 15 is 0 Å². The van der Waals surface area contributed by atoms with E-state index in [1.165, 1.54) is 22.6 Å². The molecule has 2 heterocycles. The lowest BCUT2D eigenvalue weighted by atomic mass is 10.1. The minimum Gasteiger partial charge on any atom is -0.506 e. The largest absolute Gasteiger partial charge is 0.506 e. The van der Waals surface area contributed by atoms with E-state index in [-0.39, 0.29) is 26.7 Å². The minimum atomic E-state index is -1.48. The molecule has 3 aromatic carbocycles. The van der Waals surface area contributed by atoms with Crippen LogP contribution in [0.3, 0.4) is 0 Å². The number of nitrogens with zero attached hydrogens (tertiary/aromatic N) is 3. The van der Waals surface area contributed by atoms with Gasteiger partial charge in [0.1, 0.15) is 17.1 Å². The van der Waals surface area contributed by atoms with Crippen molar-refractivity contribution in [1.82, 2.24) is 9.13 Å². The molecule has 10 nitrogen and oxygen atoms in total. The van der Waals surface area contributed by atoms with Crippen LogP contribution in [0.5, 0.6) is 11.5 Å². The number of aromatic hydroxyl groups is 2. The first kappa shape index (κ1) is 30.2. The molecule has 5 aromatic rings. The van der Waals surface area contributed by atoms with Gasteiger partial charge in [-0.25, -0.2) is 4.79 Å². The second-order valence-corrected chi connectivity index (χ2v) is 9.95. The molecule has 0 bridgehead atoms. The normalized spacial score (nSPS) is 10.8. The van der Waals surface area contributed by atoms with Gasteiger partial charge in [0.15, 0.2) is 5.56 Å². The summed E-state index contributed by atoms with van der Waals surface area (Å²) < 4.78 is 2.47. The number of carbonyl (C=O) groups excluding carboxylic acids is 1. The Morgan fingerprint density at radius 1 is 0.738 bits per heavy atom. The van der Waals surface area contributed by atoms with E-state index in [9.17, 15) is 29.4 Å². The number of rotatable bonds is 4. The molecule has 0 unspecified atom stereocenters. The van der Waals surface area contributed by atoms with E-state index in [2.05, 4.69) is 0 Å². The zero-order chi connectivity index (χ0) is 30.9. The van der Waals surface area contributed by atoms with Crippen LogP contribution in [0.15, 0.2) is 76.3 Å². The van der Waals surface area contributed by atoms with Crippen molar-refractivity contribution in [3.8, 4) is 11.5 Å². The van der Waals surface area contributed by atoms with Crippen molar-refractivity contribution in [1.29, 1.82) is 0 Å². The van der Waals surface area contributed by atoms with Crippen LogP contribution >= 0.6 is 23.2 Å². The summed E-state index contributed by atoms with van der Waals surface area (Å²) in [4.78, 5) is 49.9. The number of anilines is 1. The molecule has 42 heavy (non-hydrogen) atoms. The lowest BCUT2D eigenvalue weighted by Gasteiger charge is -2.22. The van der Waals surface area contributed by atoms with Gasteiger partial charge in [-0.2, -0.15) is 0 Å². The van der Waals surface area contributed by atoms with E-state index in [0.717, 1.165) is 4.57 Å². The third-order valence-corrected chi connectivity index (χ3v) is 7.38. The van der Waals surface area contributed by atoms with E-state index in [4.69, 9.17) is 28.3 Å². The van der Waals surface area contributed by atoms with Gasteiger partial charge < -0.3 is 29.4 Å². The van der Waals surface area contributed by atoms with Crippen LogP contribution in [0.25, 0.3) is 21.8 Å². The Bertz CT molecular complexity index is 1990. The maximum Gasteiger partial charge on any atom is 0.345 e. The maximum atomic E-state index is 13.0. The molecule has 216 valence electrons. The van der Waals surface area contributed by atoms with Gasteiger partial charge in [0, 0.05) is 26.3 Å². The summed E-state index contributed by atoms with van der Waals surface area (Å²) in [5, 5.41) is 30.3. The molecule has 0 saturated carbocycles. The number of amides is 1. The highest BCUT2D eigenvalue weighted by Crippen LogP contribution is 2.34. The van der Waals surface area contributed by atoms with Gasteiger partial charge in [-0.15, -0.1) is 0 Å². The lowest BCUT2D eigenvalue weighted by molar-refractivity contribution is 0.0691. The molecule has 0 radical (unpaired) electrons. The number of hydrogen-bond donors (Lipinski definition) is 3. The number of aryl methyl sites for hydroxylation is 2. The van der Waals surface area contributed by atoms with Crippen molar-refractivity contribution in [3.63, 3.8) is 0 Å². The number of carbonyl (C=O) groups is 2. The number of halogens is 2. The van der Waals surface area contributed by atoms with Crippen molar-refractivity contribution in [3.05, 3.63) is 109 Å². The minimum absolute atomic E-state index is 0.161. The fraction of sp³-hybridized carbons (Fsp3) is 0.133. The van der Waals surface area contributed by atoms with Crippen LogP contribution in [0.1, 0.15) is 27.6 Å². The molecule has 0 saturated heterocycles. The summed E-state index contributed by atoms with van der Waals surface area (Å²) in [6.07, 6.45) is 0. The smallest absolute Gasteiger partial charge is 0.345 e. The van der Waals surface area contributed by atoms with Crippen molar-refractivity contribution >= 4 is 62.6 Å². The molecule has 0 fully saturated rings. The molecule has 0 aliphatic rings. The number of para-hydroxylation sites is 1. The summed E-state index contributed by atoms with van der Waals surface area (Å²) in [5.74, 6) is -3.03. The van der Waals surface area contributed by atoms with E-state index in [1.807, 2.05) is 6.07 Å². The third kappa shape index (κ3) is 5.17. The van der Waals surface area contributed by atoms with Crippen LogP contribution in [0.4, 0.5) is 5.69 Å². The number of pyridine rings is 2. The first-order valence-corrected chi connectivity index (χ1v) is 13.3. The number of fused-ring (bicyclic) bond motifs is 2. The SMILES string of the molecule is CCN(C(=O)c1c(O)c2c(Cl)cccc2n(C)c1=O)c1ccccc1.Cn1c(=O)c(C(=O)O)c(O)c2c(Cl)cccc21. The molecule has 12 heteroatoms. The second-order valence-electron chi connectivity index (χ2n) is 9.13. The molecule has 1 amide bonds. The van der Waals surface area contributed by atoms with Gasteiger partial charge in [0.05, 0.1) is 31.9 Å². The summed E-state index contributed by atoms with van der Waals surface area (Å²) in [6.45, 7) is 2.16. The van der Waals surface area contributed by atoms with Crippen LogP contribution in [0, 0.1) is 0 Å². The first-order chi connectivity index (χ1) is 19.9. The van der Waals surface area contributed by atoms with Gasteiger partial charge in [-0.3, -0.25) is 14.4 Å². The lowest BCUT2D eigenvalue weighted by Crippen LogP contribution is -2.36. The average molecular weight is 610 g/mol. The van der Waals surface area contributed by atoms with Crippen molar-refractivity contribution in [2.45, 2.75) is 6.92 Å². The summed E-state index contributed by atoms with van der Waals surface area (Å²) in [6, 6.07) is 18.7. The first-order valence-electron chi connectivity index (χ1n) is 12.5. The molecular weight excluding hydrogens is 585 g/mol. The van der Waals surface area contributed by atoms with E-state index in [0.29, 0.717) is 28.7 Å². The van der Waals surface area contributed by atoms with E-state index < -0.39 is 34.3 Å². The highest BCUT2D eigenvalue weighted by Gasteiger charge is 2.27. The number of hydrogen-bond acceptors (Lipinski definition) is 6. The number of carboxylic acids is 1. The molecular formula is C30H25Cl2N3O7. The van der Waals surface area contributed by atoms with Gasteiger partial charge in [-0.1, -0.05) is 53.5 Å². The van der Waals surface area contributed by atoms with Crippen molar-refractivity contribution in [2.75, 3.05) is 11.4 Å². The predicted octanol–water partition coefficient (Wildman–Crippen LogP) is 5.16. The molecule has 3 N–H and O–H groups in total. The van der Waals surface area contributed by atoms with Crippen LogP contribution in [-0.4, -0.2) is 42.9 Å². The highest BCUT2D eigenvalue weighted by atomic mass is 35.5. The third-order valence-electron chi connectivity index (χ3n) is 6.75. The zero-order valence-corrected chi connectivity index (χ0v) is 24.1. The summed E-state index contributed by atoms with van der Waals surface area (Å²) in [7, 11) is 2.98. The number of benzene rings is 3. The number of aromatic nitrogens is 2. The van der Waals surface area contributed by atoms with Gasteiger partial charge >= 0.3 is 5.97 Å². The fourth-order valence-electron chi connectivity index (χ4n) is 4.63. The van der Waals surface area contributed by atoms with Gasteiger partial charge in [0.2, 0.25) is 0 Å². The Morgan fingerprint density at radius 2 is 1.19 bits per heavy atom. The fourth-order valence-corrected chi connectivity index (χ4v) is 5.15. The van der Waals surface area contributed by atoms with Crippen molar-refractivity contribution < 1.29 is 24.9 Å². The van der Waals surface area contributed by atoms with E-state index in [1.54, 1.807) is 68.6 Å². The highest BCUT2D eigenvalue weighted by molar-refractivity contribution is 6.36. The average Bonchev–Trinajstić information content (AvgIpc) is 2.96. The van der Waals surface area contributed by atoms with Crippen LogP contribution in [0.2, 0.25) is 10.0 Å². The number of carboxylic acid groups (broad SMARTS) is 1. The topological polar surface area (TPSA) is 142 Å². The molecule has 5 rings (SSSR count). The molecule has 0 spiro atoms. The van der Waals surface area contributed by atoms with Crippen LogP contribution in [-0.2, 0) is 14.1 Å². The Labute approximate surface area is 248 Å². The van der Waals surface area contributed by atoms with Gasteiger partial charge in [-0.05, 0) is 43.3 Å². The summed E-state index contributed by atoms with van der Waals surface area (Å²) in [5.41, 5.74) is -0.798. The monoisotopic (exact) mass is 609 g/mol. The number of aromatic carboxylic acids is 1. The standard InChI is InChI=1S/C19H17ClN2O3.C11H8ClNO4/c1-3-22(12-8-5-4-6-9-12)19(25)16-17(23)15-13(20)10-7-11-14(15)21(2)18(16)24;1-13-6-4-2-3-5(12)7(6)9(14)8(10(13)15)11(16)17/h4-11,23H,3H2,1-2H3;2-4,14H,1H3,(H,16,17). The summed E-state index contributed by atoms with van der Waals surface area (Å²) >= 11 is 12.1. The Kier molecular flexibility index (Phi) is 8.60. The zero-order valence-electron chi connectivity index (χ0n) is 22.6. The van der Waals surface area contributed by atoms with Gasteiger partial charge in [0.25, 0.3) is 17.0 Å². The van der Waals surface area contributed by atoms with Crippen molar-refractivity contribution in [2.24, 2.45) is 14.1 Å². The predicted molar refractivity (Wildman–Crippen MR) is 162 cm³/mol. The second kappa shape index (κ2) is 12.0.